The molecule has 1 aliphatic heterocycles. The second kappa shape index (κ2) is 4.65. The number of amides is 1. The second-order valence-corrected chi connectivity index (χ2v) is 4.29. The maximum absolute atomic E-state index is 12.0. The maximum Gasteiger partial charge on any atom is 0.252 e. The van der Waals surface area contributed by atoms with Crippen LogP contribution in [-0.4, -0.2) is 40.5 Å². The quantitative estimate of drug-likeness (QED) is 0.824. The van der Waals surface area contributed by atoms with Crippen molar-refractivity contribution in [1.29, 1.82) is 0 Å². The lowest BCUT2D eigenvalue weighted by molar-refractivity contribution is -0.141. The molecule has 0 aromatic carbocycles. The maximum atomic E-state index is 12.0. The summed E-state index contributed by atoms with van der Waals surface area (Å²) in [5.74, 6) is 1.15. The van der Waals surface area contributed by atoms with Crippen LogP contribution in [0.1, 0.15) is 19.2 Å². The van der Waals surface area contributed by atoms with Crippen LogP contribution in [0.25, 0.3) is 0 Å². The Kier molecular flexibility index (Phi) is 3.24. The fourth-order valence-corrected chi connectivity index (χ4v) is 1.92. The Morgan fingerprint density at radius 3 is 3.12 bits per heavy atom. The summed E-state index contributed by atoms with van der Waals surface area (Å²) in [5, 5.41) is 0. The summed E-state index contributed by atoms with van der Waals surface area (Å²) in [6.07, 6.45) is 4.12. The van der Waals surface area contributed by atoms with Gasteiger partial charge in [0.15, 0.2) is 0 Å². The molecule has 2 atom stereocenters. The van der Waals surface area contributed by atoms with Gasteiger partial charge in [-0.25, -0.2) is 4.98 Å². The molecule has 1 amide bonds. The monoisotopic (exact) mass is 223 g/mol. The van der Waals surface area contributed by atoms with Crippen molar-refractivity contribution < 1.29 is 9.53 Å². The first-order chi connectivity index (χ1) is 7.68. The normalized spacial score (nSPS) is 24.6. The van der Waals surface area contributed by atoms with Crippen LogP contribution in [0.3, 0.4) is 0 Å². The molecule has 2 heterocycles. The van der Waals surface area contributed by atoms with Crippen LogP contribution in [0.4, 0.5) is 0 Å². The van der Waals surface area contributed by atoms with Crippen molar-refractivity contribution >= 4 is 5.91 Å². The molecule has 1 aromatic heterocycles. The minimum atomic E-state index is -0.278. The molecule has 16 heavy (non-hydrogen) atoms. The largest absolute Gasteiger partial charge is 0.368 e. The van der Waals surface area contributed by atoms with Gasteiger partial charge in [-0.3, -0.25) is 4.79 Å². The Balaban J connectivity index is 1.94. The van der Waals surface area contributed by atoms with Crippen LogP contribution in [0.5, 0.6) is 0 Å². The van der Waals surface area contributed by atoms with E-state index < -0.39 is 0 Å². The van der Waals surface area contributed by atoms with Crippen molar-refractivity contribution in [1.82, 2.24) is 14.9 Å². The molecule has 1 fully saturated rings. The molecule has 0 radical (unpaired) electrons. The van der Waals surface area contributed by atoms with E-state index in [1.54, 1.807) is 24.3 Å². The third kappa shape index (κ3) is 2.24. The lowest BCUT2D eigenvalue weighted by atomic mass is 10.0. The van der Waals surface area contributed by atoms with Gasteiger partial charge in [0.05, 0.1) is 6.54 Å². The van der Waals surface area contributed by atoms with E-state index in [4.69, 9.17) is 4.74 Å². The number of carbonyl (C=O) groups excluding carboxylic acids is 1. The first-order valence-electron chi connectivity index (χ1n) is 5.53. The van der Waals surface area contributed by atoms with Gasteiger partial charge in [-0.2, -0.15) is 0 Å². The molecule has 1 saturated heterocycles. The van der Waals surface area contributed by atoms with E-state index in [-0.39, 0.29) is 12.0 Å². The first-order valence-corrected chi connectivity index (χ1v) is 5.53. The van der Waals surface area contributed by atoms with E-state index in [1.165, 1.54) is 0 Å². The summed E-state index contributed by atoms with van der Waals surface area (Å²) in [7, 11) is 1.78. The number of aromatic nitrogens is 2. The van der Waals surface area contributed by atoms with Gasteiger partial charge in [-0.15, -0.1) is 0 Å². The third-order valence-corrected chi connectivity index (χ3v) is 2.95. The van der Waals surface area contributed by atoms with E-state index in [0.29, 0.717) is 19.1 Å². The molecular weight excluding hydrogens is 206 g/mol. The minimum absolute atomic E-state index is 0.0430. The molecule has 1 N–H and O–H groups in total. The molecule has 0 bridgehead atoms. The van der Waals surface area contributed by atoms with Crippen molar-refractivity contribution in [3.63, 3.8) is 0 Å². The van der Waals surface area contributed by atoms with Gasteiger partial charge >= 0.3 is 0 Å². The molecular formula is C11H17N3O2. The molecule has 1 aromatic rings. The second-order valence-electron chi connectivity index (χ2n) is 4.29. The SMILES string of the molecule is CC1CCOC1C(=O)N(C)Cc1ncc[nH]1. The molecule has 2 unspecified atom stereocenters. The van der Waals surface area contributed by atoms with Gasteiger partial charge < -0.3 is 14.6 Å². The third-order valence-electron chi connectivity index (χ3n) is 2.95. The number of carbonyl (C=O) groups is 1. The minimum Gasteiger partial charge on any atom is -0.368 e. The Hall–Kier alpha value is -1.36. The topological polar surface area (TPSA) is 58.2 Å². The number of ether oxygens (including phenoxy) is 1. The smallest absolute Gasteiger partial charge is 0.252 e. The number of likely N-dealkylation sites (N-methyl/N-ethyl adjacent to an activating group) is 1. The van der Waals surface area contributed by atoms with Crippen molar-refractivity contribution in [2.45, 2.75) is 26.0 Å². The van der Waals surface area contributed by atoms with Crippen molar-refractivity contribution in [2.75, 3.05) is 13.7 Å². The van der Waals surface area contributed by atoms with E-state index in [2.05, 4.69) is 16.9 Å². The average molecular weight is 223 g/mol. The number of H-pyrrole nitrogens is 1. The molecule has 0 saturated carbocycles. The van der Waals surface area contributed by atoms with Crippen LogP contribution in [0.15, 0.2) is 12.4 Å². The summed E-state index contributed by atoms with van der Waals surface area (Å²) in [6.45, 7) is 3.24. The molecule has 5 nitrogen and oxygen atoms in total. The highest BCUT2D eigenvalue weighted by Gasteiger charge is 2.32. The summed E-state index contributed by atoms with van der Waals surface area (Å²) in [6, 6.07) is 0. The van der Waals surface area contributed by atoms with Gasteiger partial charge in [0.1, 0.15) is 11.9 Å². The van der Waals surface area contributed by atoms with Gasteiger partial charge in [0.2, 0.25) is 0 Å². The number of hydrogen-bond acceptors (Lipinski definition) is 3. The summed E-state index contributed by atoms with van der Waals surface area (Å²) >= 11 is 0. The van der Waals surface area contributed by atoms with Crippen LogP contribution in [0.2, 0.25) is 0 Å². The number of rotatable bonds is 3. The molecule has 0 aliphatic carbocycles. The zero-order valence-electron chi connectivity index (χ0n) is 9.64. The van der Waals surface area contributed by atoms with Gasteiger partial charge in [-0.1, -0.05) is 6.92 Å². The van der Waals surface area contributed by atoms with E-state index in [1.807, 2.05) is 0 Å². The van der Waals surface area contributed by atoms with Crippen molar-refractivity contribution in [3.8, 4) is 0 Å². The number of nitrogens with zero attached hydrogens (tertiary/aromatic N) is 2. The van der Waals surface area contributed by atoms with E-state index in [0.717, 1.165) is 12.2 Å². The number of aromatic amines is 1. The summed E-state index contributed by atoms with van der Waals surface area (Å²) in [5.41, 5.74) is 0. The predicted octanol–water partition coefficient (Wildman–Crippen LogP) is 0.793. The highest BCUT2D eigenvalue weighted by Crippen LogP contribution is 2.21. The number of hydrogen-bond donors (Lipinski definition) is 1. The van der Waals surface area contributed by atoms with Gasteiger partial charge in [0.25, 0.3) is 5.91 Å². The van der Waals surface area contributed by atoms with E-state index in [9.17, 15) is 4.79 Å². The van der Waals surface area contributed by atoms with Gasteiger partial charge in [-0.05, 0) is 12.3 Å². The first kappa shape index (κ1) is 11.1. The summed E-state index contributed by atoms with van der Waals surface area (Å²) < 4.78 is 5.45. The Morgan fingerprint density at radius 2 is 2.56 bits per heavy atom. The van der Waals surface area contributed by atoms with Crippen LogP contribution in [-0.2, 0) is 16.1 Å². The number of nitrogens with one attached hydrogen (secondary N) is 1. The molecule has 2 rings (SSSR count). The fourth-order valence-electron chi connectivity index (χ4n) is 1.92. The highest BCUT2D eigenvalue weighted by atomic mass is 16.5. The molecule has 88 valence electrons. The van der Waals surface area contributed by atoms with Crippen molar-refractivity contribution in [2.24, 2.45) is 5.92 Å². The standard InChI is InChI=1S/C11H17N3O2/c1-8-3-6-16-10(8)11(15)14(2)7-9-12-4-5-13-9/h4-5,8,10H,3,6-7H2,1-2H3,(H,12,13). The Labute approximate surface area is 94.8 Å². The molecule has 1 aliphatic rings. The van der Waals surface area contributed by atoms with Crippen LogP contribution in [0, 0.1) is 5.92 Å². The Morgan fingerprint density at radius 1 is 1.75 bits per heavy atom. The predicted molar refractivity (Wildman–Crippen MR) is 58.6 cm³/mol. The fraction of sp³-hybridized carbons (Fsp3) is 0.636. The van der Waals surface area contributed by atoms with E-state index >= 15 is 0 Å². The zero-order chi connectivity index (χ0) is 11.5. The van der Waals surface area contributed by atoms with Crippen molar-refractivity contribution in [3.05, 3.63) is 18.2 Å². The highest BCUT2D eigenvalue weighted by molar-refractivity contribution is 5.81. The molecule has 0 spiro atoms. The van der Waals surface area contributed by atoms with Gasteiger partial charge in [0, 0.05) is 26.0 Å². The summed E-state index contributed by atoms with van der Waals surface area (Å²) in [4.78, 5) is 20.8. The lowest BCUT2D eigenvalue weighted by Crippen LogP contribution is -2.38. The van der Waals surface area contributed by atoms with Crippen LogP contribution >= 0.6 is 0 Å². The zero-order valence-corrected chi connectivity index (χ0v) is 9.64. The lowest BCUT2D eigenvalue weighted by Gasteiger charge is -2.21. The van der Waals surface area contributed by atoms with Crippen LogP contribution < -0.4 is 0 Å². The average Bonchev–Trinajstić information content (AvgIpc) is 2.88. The molecule has 5 heteroatoms. The number of imidazole rings is 1. The Bertz CT molecular complexity index is 350.